The molecule has 0 unspecified atom stereocenters. The summed E-state index contributed by atoms with van der Waals surface area (Å²) in [5.41, 5.74) is 7.68. The van der Waals surface area contributed by atoms with Crippen LogP contribution in [0, 0.1) is 5.92 Å². The van der Waals surface area contributed by atoms with Gasteiger partial charge in [0.2, 0.25) is 5.91 Å². The van der Waals surface area contributed by atoms with Crippen molar-refractivity contribution >= 4 is 11.6 Å². The van der Waals surface area contributed by atoms with Crippen LogP contribution in [0.15, 0.2) is 24.3 Å². The monoisotopic (exact) mass is 204 g/mol. The molecule has 1 aliphatic rings. The lowest BCUT2D eigenvalue weighted by Crippen LogP contribution is -2.13. The van der Waals surface area contributed by atoms with E-state index in [0.717, 1.165) is 24.1 Å². The Hall–Kier alpha value is -1.35. The zero-order valence-electron chi connectivity index (χ0n) is 8.86. The first kappa shape index (κ1) is 10.2. The molecule has 1 atom stereocenters. The van der Waals surface area contributed by atoms with E-state index in [9.17, 15) is 4.79 Å². The molecule has 0 bridgehead atoms. The number of benzene rings is 1. The van der Waals surface area contributed by atoms with Gasteiger partial charge in [-0.05, 0) is 37.5 Å². The van der Waals surface area contributed by atoms with Crippen molar-refractivity contribution in [1.82, 2.24) is 0 Å². The molecule has 3 nitrogen and oxygen atoms in total. The molecule has 1 saturated carbocycles. The van der Waals surface area contributed by atoms with Crippen molar-refractivity contribution in [3.63, 3.8) is 0 Å². The Balaban J connectivity index is 2.00. The number of hydrogen-bond donors (Lipinski definition) is 2. The molecule has 1 aromatic rings. The summed E-state index contributed by atoms with van der Waals surface area (Å²) in [6.45, 7) is 1.94. The van der Waals surface area contributed by atoms with Crippen molar-refractivity contribution in [3.8, 4) is 0 Å². The van der Waals surface area contributed by atoms with Gasteiger partial charge in [0, 0.05) is 17.6 Å². The van der Waals surface area contributed by atoms with Crippen molar-refractivity contribution in [2.75, 3.05) is 5.32 Å². The summed E-state index contributed by atoms with van der Waals surface area (Å²) in [4.78, 5) is 11.5. The van der Waals surface area contributed by atoms with Crippen LogP contribution in [0.3, 0.4) is 0 Å². The molecule has 3 heteroatoms. The van der Waals surface area contributed by atoms with Crippen LogP contribution in [0.2, 0.25) is 0 Å². The summed E-state index contributed by atoms with van der Waals surface area (Å²) in [6.07, 6.45) is 2.06. The van der Waals surface area contributed by atoms with Crippen LogP contribution in [-0.4, -0.2) is 5.91 Å². The molecule has 80 valence electrons. The standard InChI is InChI=1S/C12H16N2O/c1-8(13)9-4-6-11(7-5-9)14-12(15)10-2-3-10/h4-8,10H,2-3,13H2,1H3,(H,14,15)/t8-/m0/s1. The third-order valence-electron chi connectivity index (χ3n) is 2.65. The number of anilines is 1. The van der Waals surface area contributed by atoms with Gasteiger partial charge in [0.15, 0.2) is 0 Å². The lowest BCUT2D eigenvalue weighted by molar-refractivity contribution is -0.117. The Morgan fingerprint density at radius 1 is 1.40 bits per heavy atom. The van der Waals surface area contributed by atoms with Gasteiger partial charge in [0.05, 0.1) is 0 Å². The summed E-state index contributed by atoms with van der Waals surface area (Å²) in [5.74, 6) is 0.390. The largest absolute Gasteiger partial charge is 0.326 e. The fourth-order valence-corrected chi connectivity index (χ4v) is 1.46. The zero-order chi connectivity index (χ0) is 10.8. The topological polar surface area (TPSA) is 55.1 Å². The van der Waals surface area contributed by atoms with Crippen LogP contribution in [0.5, 0.6) is 0 Å². The summed E-state index contributed by atoms with van der Waals surface area (Å²) >= 11 is 0. The number of carbonyl (C=O) groups is 1. The SMILES string of the molecule is C[C@H](N)c1ccc(NC(=O)C2CC2)cc1. The van der Waals surface area contributed by atoms with Crippen LogP contribution >= 0.6 is 0 Å². The van der Waals surface area contributed by atoms with Crippen molar-refractivity contribution in [3.05, 3.63) is 29.8 Å². The van der Waals surface area contributed by atoms with E-state index < -0.39 is 0 Å². The first-order valence-corrected chi connectivity index (χ1v) is 5.33. The van der Waals surface area contributed by atoms with Gasteiger partial charge in [-0.3, -0.25) is 4.79 Å². The minimum Gasteiger partial charge on any atom is -0.326 e. The maximum atomic E-state index is 11.5. The number of nitrogens with two attached hydrogens (primary N) is 1. The zero-order valence-corrected chi connectivity index (χ0v) is 8.86. The van der Waals surface area contributed by atoms with E-state index in [0.29, 0.717) is 0 Å². The lowest BCUT2D eigenvalue weighted by Gasteiger charge is -2.07. The average molecular weight is 204 g/mol. The van der Waals surface area contributed by atoms with Crippen LogP contribution < -0.4 is 11.1 Å². The number of hydrogen-bond acceptors (Lipinski definition) is 2. The first-order chi connectivity index (χ1) is 7.16. The second kappa shape index (κ2) is 4.03. The van der Waals surface area contributed by atoms with Crippen LogP contribution in [0.25, 0.3) is 0 Å². The van der Waals surface area contributed by atoms with E-state index in [-0.39, 0.29) is 17.9 Å². The van der Waals surface area contributed by atoms with Gasteiger partial charge in [-0.25, -0.2) is 0 Å². The second-order valence-corrected chi connectivity index (χ2v) is 4.17. The number of nitrogens with one attached hydrogen (secondary N) is 1. The van der Waals surface area contributed by atoms with Crippen molar-refractivity contribution in [1.29, 1.82) is 0 Å². The fraction of sp³-hybridized carbons (Fsp3) is 0.417. The normalized spacial score (nSPS) is 17.2. The molecule has 1 aliphatic carbocycles. The second-order valence-electron chi connectivity index (χ2n) is 4.17. The molecule has 0 radical (unpaired) electrons. The Bertz CT molecular complexity index is 352. The summed E-state index contributed by atoms with van der Waals surface area (Å²) in [6, 6.07) is 7.75. The molecule has 1 aromatic carbocycles. The molecule has 0 spiro atoms. The summed E-state index contributed by atoms with van der Waals surface area (Å²) in [5, 5.41) is 2.89. The molecule has 15 heavy (non-hydrogen) atoms. The van der Waals surface area contributed by atoms with E-state index in [4.69, 9.17) is 5.73 Å². The Kier molecular flexibility index (Phi) is 2.73. The molecule has 3 N–H and O–H groups in total. The molecule has 0 heterocycles. The van der Waals surface area contributed by atoms with Gasteiger partial charge in [0.25, 0.3) is 0 Å². The summed E-state index contributed by atoms with van der Waals surface area (Å²) in [7, 11) is 0. The van der Waals surface area contributed by atoms with Crippen molar-refractivity contribution < 1.29 is 4.79 Å². The first-order valence-electron chi connectivity index (χ1n) is 5.33. The van der Waals surface area contributed by atoms with E-state index in [1.807, 2.05) is 31.2 Å². The van der Waals surface area contributed by atoms with E-state index in [2.05, 4.69) is 5.32 Å². The van der Waals surface area contributed by atoms with Crippen molar-refractivity contribution in [2.45, 2.75) is 25.8 Å². The van der Waals surface area contributed by atoms with Crippen LogP contribution in [-0.2, 0) is 4.79 Å². The Morgan fingerprint density at radius 3 is 2.47 bits per heavy atom. The highest BCUT2D eigenvalue weighted by atomic mass is 16.2. The number of carbonyl (C=O) groups excluding carboxylic acids is 1. The highest BCUT2D eigenvalue weighted by Crippen LogP contribution is 2.30. The maximum absolute atomic E-state index is 11.5. The molecule has 0 aliphatic heterocycles. The van der Waals surface area contributed by atoms with Gasteiger partial charge in [-0.2, -0.15) is 0 Å². The van der Waals surface area contributed by atoms with Crippen LogP contribution in [0.4, 0.5) is 5.69 Å². The van der Waals surface area contributed by atoms with Crippen LogP contribution in [0.1, 0.15) is 31.4 Å². The van der Waals surface area contributed by atoms with Gasteiger partial charge in [-0.15, -0.1) is 0 Å². The Morgan fingerprint density at radius 2 is 2.00 bits per heavy atom. The number of rotatable bonds is 3. The highest BCUT2D eigenvalue weighted by molar-refractivity contribution is 5.93. The fourth-order valence-electron chi connectivity index (χ4n) is 1.46. The maximum Gasteiger partial charge on any atom is 0.227 e. The van der Waals surface area contributed by atoms with Crippen molar-refractivity contribution in [2.24, 2.45) is 11.7 Å². The van der Waals surface area contributed by atoms with E-state index >= 15 is 0 Å². The molecule has 0 aromatic heterocycles. The molecule has 1 amide bonds. The van der Waals surface area contributed by atoms with Gasteiger partial charge >= 0.3 is 0 Å². The molecule has 0 saturated heterocycles. The third-order valence-corrected chi connectivity index (χ3v) is 2.65. The van der Waals surface area contributed by atoms with Gasteiger partial charge in [0.1, 0.15) is 0 Å². The molecular weight excluding hydrogens is 188 g/mol. The average Bonchev–Trinajstić information content (AvgIpc) is 3.01. The highest BCUT2D eigenvalue weighted by Gasteiger charge is 2.29. The van der Waals surface area contributed by atoms with Gasteiger partial charge in [-0.1, -0.05) is 12.1 Å². The third kappa shape index (κ3) is 2.57. The Labute approximate surface area is 89.7 Å². The van der Waals surface area contributed by atoms with Gasteiger partial charge < -0.3 is 11.1 Å². The molecule has 1 fully saturated rings. The molecular formula is C12H16N2O. The van der Waals surface area contributed by atoms with E-state index in [1.54, 1.807) is 0 Å². The molecule has 2 rings (SSSR count). The quantitative estimate of drug-likeness (QED) is 0.791. The minimum absolute atomic E-state index is 0.0400. The summed E-state index contributed by atoms with van der Waals surface area (Å²) < 4.78 is 0. The smallest absolute Gasteiger partial charge is 0.227 e. The minimum atomic E-state index is 0.0400. The lowest BCUT2D eigenvalue weighted by atomic mass is 10.1. The predicted molar refractivity (Wildman–Crippen MR) is 60.4 cm³/mol. The predicted octanol–water partition coefficient (Wildman–Crippen LogP) is 2.05. The number of amides is 1. The van der Waals surface area contributed by atoms with E-state index in [1.165, 1.54) is 0 Å².